The maximum atomic E-state index is 12.2. The van der Waals surface area contributed by atoms with Crippen LogP contribution in [0.3, 0.4) is 0 Å². The molecule has 2 N–H and O–H groups in total. The average Bonchev–Trinajstić information content (AvgIpc) is 3.14. The van der Waals surface area contributed by atoms with Crippen molar-refractivity contribution in [2.75, 3.05) is 11.9 Å². The van der Waals surface area contributed by atoms with Crippen LogP contribution in [0.15, 0.2) is 41.8 Å². The third kappa shape index (κ3) is 5.42. The first kappa shape index (κ1) is 18.7. The van der Waals surface area contributed by atoms with Gasteiger partial charge < -0.3 is 15.4 Å². The molecule has 0 aliphatic heterocycles. The fourth-order valence-electron chi connectivity index (χ4n) is 2.00. The van der Waals surface area contributed by atoms with E-state index >= 15 is 0 Å². The van der Waals surface area contributed by atoms with E-state index in [2.05, 4.69) is 10.6 Å². The molecule has 0 aliphatic rings. The van der Waals surface area contributed by atoms with E-state index in [9.17, 15) is 14.4 Å². The van der Waals surface area contributed by atoms with Gasteiger partial charge in [0.05, 0.1) is 10.4 Å². The number of esters is 1. The zero-order valence-corrected chi connectivity index (χ0v) is 14.9. The van der Waals surface area contributed by atoms with Gasteiger partial charge in [-0.25, -0.2) is 4.79 Å². The number of nitrogens with one attached hydrogen (secondary N) is 2. The Labute approximate surface area is 150 Å². The topological polar surface area (TPSA) is 84.5 Å². The van der Waals surface area contributed by atoms with Crippen LogP contribution in [0.1, 0.15) is 40.3 Å². The molecule has 2 amide bonds. The Hall–Kier alpha value is -2.67. The van der Waals surface area contributed by atoms with Crippen molar-refractivity contribution in [2.45, 2.75) is 26.4 Å². The van der Waals surface area contributed by atoms with Crippen LogP contribution < -0.4 is 10.6 Å². The fourth-order valence-corrected chi connectivity index (χ4v) is 2.62. The molecule has 25 heavy (non-hydrogen) atoms. The van der Waals surface area contributed by atoms with Crippen molar-refractivity contribution in [1.29, 1.82) is 0 Å². The summed E-state index contributed by atoms with van der Waals surface area (Å²) in [6.45, 7) is 3.99. The summed E-state index contributed by atoms with van der Waals surface area (Å²) in [6.07, 6.45) is -0.0818. The summed E-state index contributed by atoms with van der Waals surface area (Å²) in [4.78, 5) is 36.6. The normalized spacial score (nSPS) is 11.4. The Balaban J connectivity index is 1.99. The second kappa shape index (κ2) is 8.98. The van der Waals surface area contributed by atoms with Crippen LogP contribution in [-0.4, -0.2) is 30.4 Å². The summed E-state index contributed by atoms with van der Waals surface area (Å²) in [5, 5.41) is 7.21. The van der Waals surface area contributed by atoms with Crippen LogP contribution in [0.4, 0.5) is 5.69 Å². The Morgan fingerprint density at radius 2 is 2.00 bits per heavy atom. The lowest BCUT2D eigenvalue weighted by Gasteiger charge is -2.13. The smallest absolute Gasteiger partial charge is 0.338 e. The molecule has 0 radical (unpaired) electrons. The molecule has 0 saturated heterocycles. The third-order valence-electron chi connectivity index (χ3n) is 3.30. The average molecular weight is 360 g/mol. The highest BCUT2D eigenvalue weighted by atomic mass is 32.1. The number of hydrogen-bond acceptors (Lipinski definition) is 5. The molecule has 1 aromatic heterocycles. The van der Waals surface area contributed by atoms with Crippen molar-refractivity contribution >= 4 is 34.8 Å². The molecule has 0 saturated carbocycles. The first-order valence-corrected chi connectivity index (χ1v) is 8.83. The summed E-state index contributed by atoms with van der Waals surface area (Å²) < 4.78 is 5.17. The minimum absolute atomic E-state index is 0.243. The number of amides is 2. The summed E-state index contributed by atoms with van der Waals surface area (Å²) in [6, 6.07) is 9.92. The zero-order chi connectivity index (χ0) is 18.2. The van der Waals surface area contributed by atoms with Crippen LogP contribution in [0.25, 0.3) is 0 Å². The lowest BCUT2D eigenvalue weighted by atomic mass is 10.2. The molecule has 2 rings (SSSR count). The number of anilines is 1. The van der Waals surface area contributed by atoms with E-state index in [4.69, 9.17) is 4.74 Å². The van der Waals surface area contributed by atoms with Crippen molar-refractivity contribution in [3.63, 3.8) is 0 Å². The second-order valence-electron chi connectivity index (χ2n) is 5.35. The maximum Gasteiger partial charge on any atom is 0.338 e. The van der Waals surface area contributed by atoms with Crippen LogP contribution >= 0.6 is 11.3 Å². The van der Waals surface area contributed by atoms with Gasteiger partial charge in [0, 0.05) is 12.2 Å². The molecule has 0 fully saturated rings. The van der Waals surface area contributed by atoms with Gasteiger partial charge in [-0.3, -0.25) is 9.59 Å². The van der Waals surface area contributed by atoms with Gasteiger partial charge in [-0.05, 0) is 43.0 Å². The molecule has 0 spiro atoms. The fraction of sp³-hybridized carbons (Fsp3) is 0.278. The van der Waals surface area contributed by atoms with E-state index in [1.54, 1.807) is 30.3 Å². The lowest BCUT2D eigenvalue weighted by molar-refractivity contribution is -0.129. The molecule has 1 aromatic carbocycles. The molecule has 0 bridgehead atoms. The largest absolute Gasteiger partial charge is 0.449 e. The minimum Gasteiger partial charge on any atom is -0.449 e. The van der Waals surface area contributed by atoms with Gasteiger partial charge in [0.2, 0.25) is 0 Å². The Kier molecular flexibility index (Phi) is 6.71. The van der Waals surface area contributed by atoms with Crippen LogP contribution in [0, 0.1) is 0 Å². The van der Waals surface area contributed by atoms with Gasteiger partial charge in [-0.2, -0.15) is 0 Å². The SMILES string of the molecule is CCCNC(=O)[C@@H](C)OC(=O)c1cccc(NC(=O)c2cccs2)c1. The van der Waals surface area contributed by atoms with Crippen molar-refractivity contribution in [3.05, 3.63) is 52.2 Å². The number of thiophene rings is 1. The first-order chi connectivity index (χ1) is 12.0. The van der Waals surface area contributed by atoms with E-state index in [1.165, 1.54) is 24.3 Å². The van der Waals surface area contributed by atoms with Crippen molar-refractivity contribution in [3.8, 4) is 0 Å². The third-order valence-corrected chi connectivity index (χ3v) is 4.17. The van der Waals surface area contributed by atoms with E-state index in [-0.39, 0.29) is 17.4 Å². The number of rotatable bonds is 7. The molecule has 2 aromatic rings. The number of hydrogen-bond donors (Lipinski definition) is 2. The standard InChI is InChI=1S/C18H20N2O4S/c1-3-9-19-16(21)12(2)24-18(23)13-6-4-7-14(11-13)20-17(22)15-8-5-10-25-15/h4-8,10-12H,3,9H2,1-2H3,(H,19,21)(H,20,22)/t12-/m1/s1. The summed E-state index contributed by atoms with van der Waals surface area (Å²) >= 11 is 1.33. The minimum atomic E-state index is -0.886. The molecule has 1 heterocycles. The van der Waals surface area contributed by atoms with Gasteiger partial charge in [0.1, 0.15) is 0 Å². The molecule has 0 aliphatic carbocycles. The van der Waals surface area contributed by atoms with Gasteiger partial charge in [0.15, 0.2) is 6.10 Å². The quantitative estimate of drug-likeness (QED) is 0.743. The molecule has 6 nitrogen and oxygen atoms in total. The van der Waals surface area contributed by atoms with Gasteiger partial charge in [-0.1, -0.05) is 19.1 Å². The Morgan fingerprint density at radius 3 is 2.68 bits per heavy atom. The Morgan fingerprint density at radius 1 is 1.20 bits per heavy atom. The zero-order valence-electron chi connectivity index (χ0n) is 14.1. The molecular weight excluding hydrogens is 340 g/mol. The summed E-state index contributed by atoms with van der Waals surface area (Å²) in [7, 11) is 0. The first-order valence-electron chi connectivity index (χ1n) is 7.95. The predicted octanol–water partition coefficient (Wildman–Crippen LogP) is 3.07. The van der Waals surface area contributed by atoms with E-state index in [1.807, 2.05) is 12.3 Å². The van der Waals surface area contributed by atoms with Crippen molar-refractivity contribution in [1.82, 2.24) is 5.32 Å². The van der Waals surface area contributed by atoms with Crippen LogP contribution in [0.2, 0.25) is 0 Å². The van der Waals surface area contributed by atoms with Gasteiger partial charge >= 0.3 is 5.97 Å². The highest BCUT2D eigenvalue weighted by Gasteiger charge is 2.18. The maximum absolute atomic E-state index is 12.2. The molecule has 0 unspecified atom stereocenters. The van der Waals surface area contributed by atoms with Crippen molar-refractivity contribution < 1.29 is 19.1 Å². The van der Waals surface area contributed by atoms with E-state index in [0.29, 0.717) is 17.1 Å². The monoisotopic (exact) mass is 360 g/mol. The van der Waals surface area contributed by atoms with Gasteiger partial charge in [-0.15, -0.1) is 11.3 Å². The second-order valence-corrected chi connectivity index (χ2v) is 6.30. The summed E-state index contributed by atoms with van der Waals surface area (Å²) in [5.41, 5.74) is 0.745. The van der Waals surface area contributed by atoms with E-state index in [0.717, 1.165) is 6.42 Å². The van der Waals surface area contributed by atoms with Crippen molar-refractivity contribution in [2.24, 2.45) is 0 Å². The number of ether oxygens (including phenoxy) is 1. The Bertz CT molecular complexity index is 743. The highest BCUT2D eigenvalue weighted by molar-refractivity contribution is 7.12. The number of benzene rings is 1. The molecule has 132 valence electrons. The number of carbonyl (C=O) groups excluding carboxylic acids is 3. The van der Waals surface area contributed by atoms with E-state index < -0.39 is 12.1 Å². The number of carbonyl (C=O) groups is 3. The van der Waals surface area contributed by atoms with Crippen LogP contribution in [-0.2, 0) is 9.53 Å². The lowest BCUT2D eigenvalue weighted by Crippen LogP contribution is -2.36. The molecule has 1 atom stereocenters. The van der Waals surface area contributed by atoms with Crippen LogP contribution in [0.5, 0.6) is 0 Å². The van der Waals surface area contributed by atoms with Gasteiger partial charge in [0.25, 0.3) is 11.8 Å². The summed E-state index contributed by atoms with van der Waals surface area (Å²) in [5.74, 6) is -1.20. The highest BCUT2D eigenvalue weighted by Crippen LogP contribution is 2.16. The molecular formula is C18H20N2O4S. The molecule has 7 heteroatoms. The predicted molar refractivity (Wildman–Crippen MR) is 96.9 cm³/mol.